The van der Waals surface area contributed by atoms with Crippen molar-refractivity contribution >= 4 is 51.8 Å². The number of aliphatic imine (C=N–C) groups is 1. The van der Waals surface area contributed by atoms with E-state index in [2.05, 4.69) is 52.6 Å². The number of rotatable bonds is 3. The topological polar surface area (TPSA) is 56.7 Å². The second-order valence-corrected chi connectivity index (χ2v) is 5.56. The molecule has 0 atom stereocenters. The summed E-state index contributed by atoms with van der Waals surface area (Å²) in [5.74, 6) is 1.70. The Morgan fingerprint density at radius 1 is 1.33 bits per heavy atom. The van der Waals surface area contributed by atoms with Crippen molar-refractivity contribution in [3.8, 4) is 0 Å². The molecule has 1 aliphatic rings. The fraction of sp³-hybridized carbons (Fsp3) is 0.462. The fourth-order valence-corrected chi connectivity index (χ4v) is 2.22. The SMILES string of the molecule is C=C(Br)CNC(=NC)N1CCN(c2ncccn2)CC1.I. The first-order valence-electron chi connectivity index (χ1n) is 6.51. The zero-order chi connectivity index (χ0) is 14.4. The molecule has 0 amide bonds. The van der Waals surface area contributed by atoms with Crippen LogP contribution in [-0.4, -0.2) is 60.6 Å². The molecule has 1 aliphatic heterocycles. The average molecular weight is 467 g/mol. The number of nitrogens with one attached hydrogen (secondary N) is 1. The summed E-state index contributed by atoms with van der Waals surface area (Å²) < 4.78 is 0.912. The van der Waals surface area contributed by atoms with E-state index in [0.29, 0.717) is 6.54 Å². The van der Waals surface area contributed by atoms with Crippen molar-refractivity contribution in [2.45, 2.75) is 0 Å². The molecule has 1 fully saturated rings. The predicted molar refractivity (Wildman–Crippen MR) is 101 cm³/mol. The molecule has 21 heavy (non-hydrogen) atoms. The molecule has 0 spiro atoms. The molecule has 0 saturated carbocycles. The van der Waals surface area contributed by atoms with E-state index in [1.165, 1.54) is 0 Å². The van der Waals surface area contributed by atoms with Gasteiger partial charge in [-0.05, 0) is 6.07 Å². The first-order valence-corrected chi connectivity index (χ1v) is 7.31. The minimum Gasteiger partial charge on any atom is -0.352 e. The molecule has 8 heteroatoms. The molecule has 2 rings (SSSR count). The van der Waals surface area contributed by atoms with Crippen LogP contribution < -0.4 is 10.2 Å². The maximum Gasteiger partial charge on any atom is 0.225 e. The van der Waals surface area contributed by atoms with Gasteiger partial charge in [-0.2, -0.15) is 0 Å². The highest BCUT2D eigenvalue weighted by molar-refractivity contribution is 14.0. The quantitative estimate of drug-likeness (QED) is 0.417. The van der Waals surface area contributed by atoms with Crippen molar-refractivity contribution in [1.29, 1.82) is 0 Å². The predicted octanol–water partition coefficient (Wildman–Crippen LogP) is 1.70. The summed E-state index contributed by atoms with van der Waals surface area (Å²) >= 11 is 3.34. The number of piperazine rings is 1. The van der Waals surface area contributed by atoms with Crippen molar-refractivity contribution in [2.75, 3.05) is 44.7 Å². The summed E-state index contributed by atoms with van der Waals surface area (Å²) in [4.78, 5) is 17.3. The monoisotopic (exact) mass is 466 g/mol. The number of aromatic nitrogens is 2. The van der Waals surface area contributed by atoms with Crippen LogP contribution in [0.5, 0.6) is 0 Å². The molecular formula is C13H20BrIN6. The van der Waals surface area contributed by atoms with E-state index in [9.17, 15) is 0 Å². The van der Waals surface area contributed by atoms with Crippen LogP contribution in [0.25, 0.3) is 0 Å². The molecule has 0 bridgehead atoms. The van der Waals surface area contributed by atoms with Crippen LogP contribution in [0.3, 0.4) is 0 Å². The van der Waals surface area contributed by atoms with E-state index < -0.39 is 0 Å². The summed E-state index contributed by atoms with van der Waals surface area (Å²) in [6, 6.07) is 1.83. The number of hydrogen-bond donors (Lipinski definition) is 1. The molecule has 0 aliphatic carbocycles. The second-order valence-electron chi connectivity index (χ2n) is 4.44. The van der Waals surface area contributed by atoms with Crippen molar-refractivity contribution in [3.05, 3.63) is 29.5 Å². The molecule has 0 unspecified atom stereocenters. The average Bonchev–Trinajstić information content (AvgIpc) is 2.49. The van der Waals surface area contributed by atoms with Gasteiger partial charge >= 0.3 is 0 Å². The third-order valence-electron chi connectivity index (χ3n) is 3.06. The van der Waals surface area contributed by atoms with Gasteiger partial charge in [0.25, 0.3) is 0 Å². The van der Waals surface area contributed by atoms with Gasteiger partial charge in [0.05, 0.1) is 0 Å². The van der Waals surface area contributed by atoms with E-state index in [1.54, 1.807) is 19.4 Å². The lowest BCUT2D eigenvalue weighted by Gasteiger charge is -2.36. The Labute approximate surface area is 150 Å². The Morgan fingerprint density at radius 2 is 1.95 bits per heavy atom. The van der Waals surface area contributed by atoms with Gasteiger partial charge in [0.2, 0.25) is 5.95 Å². The normalized spacial score (nSPS) is 15.4. The standard InChI is InChI=1S/C13H19BrN6.HI/c1-11(14)10-18-12(15-2)19-6-8-20(9-7-19)13-16-4-3-5-17-13;/h3-5H,1,6-10H2,2H3,(H,15,18);1H. The van der Waals surface area contributed by atoms with Crippen LogP contribution in [0.4, 0.5) is 5.95 Å². The van der Waals surface area contributed by atoms with E-state index in [-0.39, 0.29) is 24.0 Å². The van der Waals surface area contributed by atoms with Crippen molar-refractivity contribution in [2.24, 2.45) is 4.99 Å². The van der Waals surface area contributed by atoms with Gasteiger partial charge in [0.1, 0.15) is 0 Å². The van der Waals surface area contributed by atoms with Gasteiger partial charge in [-0.15, -0.1) is 24.0 Å². The van der Waals surface area contributed by atoms with E-state index >= 15 is 0 Å². The molecule has 0 radical (unpaired) electrons. The highest BCUT2D eigenvalue weighted by Crippen LogP contribution is 2.09. The van der Waals surface area contributed by atoms with Crippen molar-refractivity contribution in [1.82, 2.24) is 20.2 Å². The fourth-order valence-electron chi connectivity index (χ4n) is 2.08. The first-order chi connectivity index (χ1) is 9.70. The molecule has 1 N–H and O–H groups in total. The summed E-state index contributed by atoms with van der Waals surface area (Å²) in [6.07, 6.45) is 3.55. The van der Waals surface area contributed by atoms with E-state index in [4.69, 9.17) is 0 Å². The number of halogens is 2. The number of anilines is 1. The zero-order valence-corrected chi connectivity index (χ0v) is 15.9. The van der Waals surface area contributed by atoms with Gasteiger partial charge in [0, 0.05) is 56.6 Å². The molecule has 6 nitrogen and oxygen atoms in total. The highest BCUT2D eigenvalue weighted by Gasteiger charge is 2.20. The van der Waals surface area contributed by atoms with Crippen LogP contribution >= 0.6 is 39.9 Å². The lowest BCUT2D eigenvalue weighted by molar-refractivity contribution is 0.371. The Kier molecular flexibility index (Phi) is 7.94. The van der Waals surface area contributed by atoms with Crippen LogP contribution in [0.15, 0.2) is 34.5 Å². The summed E-state index contributed by atoms with van der Waals surface area (Å²) in [6.45, 7) is 8.06. The van der Waals surface area contributed by atoms with Crippen LogP contribution in [0, 0.1) is 0 Å². The number of hydrogen-bond acceptors (Lipinski definition) is 4. The zero-order valence-electron chi connectivity index (χ0n) is 12.0. The summed E-state index contributed by atoms with van der Waals surface area (Å²) in [5, 5.41) is 3.27. The van der Waals surface area contributed by atoms with Crippen molar-refractivity contribution < 1.29 is 0 Å². The van der Waals surface area contributed by atoms with E-state index in [0.717, 1.165) is 42.6 Å². The lowest BCUT2D eigenvalue weighted by Crippen LogP contribution is -2.53. The minimum absolute atomic E-state index is 0. The Balaban J connectivity index is 0.00000220. The van der Waals surface area contributed by atoms with Gasteiger partial charge in [0.15, 0.2) is 5.96 Å². The van der Waals surface area contributed by atoms with Crippen LogP contribution in [-0.2, 0) is 0 Å². The molecule has 1 aromatic heterocycles. The third-order valence-corrected chi connectivity index (χ3v) is 3.34. The number of guanidine groups is 1. The number of nitrogens with zero attached hydrogens (tertiary/aromatic N) is 5. The van der Waals surface area contributed by atoms with E-state index in [1.807, 2.05) is 6.07 Å². The van der Waals surface area contributed by atoms with Crippen LogP contribution in [0.1, 0.15) is 0 Å². The van der Waals surface area contributed by atoms with Crippen molar-refractivity contribution in [3.63, 3.8) is 0 Å². The van der Waals surface area contributed by atoms with Gasteiger partial charge in [-0.1, -0.05) is 22.5 Å². The first kappa shape index (κ1) is 18.1. The minimum atomic E-state index is 0. The lowest BCUT2D eigenvalue weighted by atomic mass is 10.3. The Hall–Kier alpha value is -0.900. The smallest absolute Gasteiger partial charge is 0.225 e. The second kappa shape index (κ2) is 9.19. The highest BCUT2D eigenvalue weighted by atomic mass is 127. The Bertz CT molecular complexity index is 473. The summed E-state index contributed by atoms with van der Waals surface area (Å²) in [5.41, 5.74) is 0. The molecular weight excluding hydrogens is 447 g/mol. The maximum absolute atomic E-state index is 4.30. The summed E-state index contributed by atoms with van der Waals surface area (Å²) in [7, 11) is 1.80. The third kappa shape index (κ3) is 5.42. The molecule has 2 heterocycles. The molecule has 1 saturated heterocycles. The molecule has 1 aromatic rings. The van der Waals surface area contributed by atoms with Gasteiger partial charge in [-0.3, -0.25) is 4.99 Å². The van der Waals surface area contributed by atoms with Gasteiger partial charge < -0.3 is 15.1 Å². The Morgan fingerprint density at radius 3 is 2.48 bits per heavy atom. The van der Waals surface area contributed by atoms with Gasteiger partial charge in [-0.25, -0.2) is 9.97 Å². The maximum atomic E-state index is 4.30. The molecule has 0 aromatic carbocycles. The largest absolute Gasteiger partial charge is 0.352 e. The molecule has 116 valence electrons. The van der Waals surface area contributed by atoms with Crippen LogP contribution in [0.2, 0.25) is 0 Å².